The SMILES string of the molecule is CC(O)(CO)CNCCCOCC(F)(F)F. The molecule has 0 heterocycles. The highest BCUT2D eigenvalue weighted by molar-refractivity contribution is 4.73. The van der Waals surface area contributed by atoms with Gasteiger partial charge in [-0.15, -0.1) is 0 Å². The summed E-state index contributed by atoms with van der Waals surface area (Å²) in [6.45, 7) is 0.469. The van der Waals surface area contributed by atoms with E-state index < -0.39 is 18.4 Å². The molecule has 7 heteroatoms. The fraction of sp³-hybridized carbons (Fsp3) is 1.00. The van der Waals surface area contributed by atoms with Crippen LogP contribution >= 0.6 is 0 Å². The van der Waals surface area contributed by atoms with Crippen molar-refractivity contribution in [1.82, 2.24) is 5.32 Å². The van der Waals surface area contributed by atoms with Gasteiger partial charge in [-0.2, -0.15) is 13.2 Å². The van der Waals surface area contributed by atoms with E-state index in [1.54, 1.807) is 0 Å². The summed E-state index contributed by atoms with van der Waals surface area (Å²) in [7, 11) is 0. The number of alkyl halides is 3. The molecule has 4 nitrogen and oxygen atoms in total. The van der Waals surface area contributed by atoms with Crippen molar-refractivity contribution in [2.75, 3.05) is 32.9 Å². The van der Waals surface area contributed by atoms with E-state index in [4.69, 9.17) is 5.11 Å². The topological polar surface area (TPSA) is 61.7 Å². The summed E-state index contributed by atoms with van der Waals surface area (Å²) in [5.74, 6) is 0. The minimum atomic E-state index is -4.28. The van der Waals surface area contributed by atoms with Crippen LogP contribution in [0.1, 0.15) is 13.3 Å². The lowest BCUT2D eigenvalue weighted by Gasteiger charge is -2.20. The second-order valence-electron chi connectivity index (χ2n) is 3.85. The Morgan fingerprint density at radius 3 is 2.44 bits per heavy atom. The average Bonchev–Trinajstić information content (AvgIpc) is 2.14. The molecule has 0 aliphatic heterocycles. The zero-order valence-corrected chi connectivity index (χ0v) is 9.18. The summed E-state index contributed by atoms with van der Waals surface area (Å²) < 4.78 is 39.3. The second-order valence-corrected chi connectivity index (χ2v) is 3.85. The number of hydrogen-bond acceptors (Lipinski definition) is 4. The maximum Gasteiger partial charge on any atom is 0.411 e. The van der Waals surface area contributed by atoms with Crippen LogP contribution in [0.5, 0.6) is 0 Å². The molecule has 1 atom stereocenters. The first kappa shape index (κ1) is 15.6. The molecule has 0 radical (unpaired) electrons. The minimum Gasteiger partial charge on any atom is -0.393 e. The molecule has 0 rings (SSSR count). The zero-order valence-electron chi connectivity index (χ0n) is 9.18. The Bertz CT molecular complexity index is 185. The molecule has 0 aliphatic rings. The lowest BCUT2D eigenvalue weighted by Crippen LogP contribution is -2.41. The van der Waals surface area contributed by atoms with Crippen molar-refractivity contribution in [3.8, 4) is 0 Å². The van der Waals surface area contributed by atoms with Gasteiger partial charge in [0.05, 0.1) is 12.2 Å². The van der Waals surface area contributed by atoms with Gasteiger partial charge in [0.2, 0.25) is 0 Å². The van der Waals surface area contributed by atoms with Crippen LogP contribution in [-0.4, -0.2) is 54.9 Å². The van der Waals surface area contributed by atoms with E-state index in [1.807, 2.05) is 0 Å². The third-order valence-electron chi connectivity index (χ3n) is 1.75. The van der Waals surface area contributed by atoms with Crippen molar-refractivity contribution in [2.45, 2.75) is 25.1 Å². The molecule has 0 aromatic rings. The molecule has 3 N–H and O–H groups in total. The summed E-state index contributed by atoms with van der Waals surface area (Å²) in [5, 5.41) is 20.8. The van der Waals surface area contributed by atoms with Crippen molar-refractivity contribution in [2.24, 2.45) is 0 Å². The van der Waals surface area contributed by atoms with Crippen LogP contribution in [0.2, 0.25) is 0 Å². The molecule has 0 saturated carbocycles. The summed E-state index contributed by atoms with van der Waals surface area (Å²) in [4.78, 5) is 0. The van der Waals surface area contributed by atoms with Crippen LogP contribution in [0.4, 0.5) is 13.2 Å². The first-order valence-corrected chi connectivity index (χ1v) is 4.95. The molecular weight excluding hydrogens is 227 g/mol. The number of aliphatic hydroxyl groups excluding tert-OH is 1. The molecule has 0 amide bonds. The van der Waals surface area contributed by atoms with Crippen molar-refractivity contribution >= 4 is 0 Å². The van der Waals surface area contributed by atoms with E-state index in [9.17, 15) is 18.3 Å². The molecule has 0 bridgehead atoms. The van der Waals surface area contributed by atoms with E-state index in [2.05, 4.69) is 10.1 Å². The van der Waals surface area contributed by atoms with E-state index in [-0.39, 0.29) is 19.8 Å². The molecule has 16 heavy (non-hydrogen) atoms. The molecule has 0 fully saturated rings. The molecule has 0 aliphatic carbocycles. The Morgan fingerprint density at radius 1 is 1.31 bits per heavy atom. The fourth-order valence-corrected chi connectivity index (χ4v) is 0.901. The van der Waals surface area contributed by atoms with E-state index in [0.717, 1.165) is 0 Å². The third kappa shape index (κ3) is 10.2. The molecule has 98 valence electrons. The zero-order chi connectivity index (χ0) is 12.7. The number of ether oxygens (including phenoxy) is 1. The van der Waals surface area contributed by atoms with Crippen LogP contribution in [0.25, 0.3) is 0 Å². The van der Waals surface area contributed by atoms with Gasteiger partial charge >= 0.3 is 6.18 Å². The predicted molar refractivity (Wildman–Crippen MR) is 52.1 cm³/mol. The monoisotopic (exact) mass is 245 g/mol. The summed E-state index contributed by atoms with van der Waals surface area (Å²) >= 11 is 0. The van der Waals surface area contributed by atoms with Gasteiger partial charge in [0.15, 0.2) is 0 Å². The van der Waals surface area contributed by atoms with Crippen LogP contribution in [-0.2, 0) is 4.74 Å². The predicted octanol–water partition coefficient (Wildman–Crippen LogP) is 0.288. The van der Waals surface area contributed by atoms with E-state index in [1.165, 1.54) is 6.92 Å². The highest BCUT2D eigenvalue weighted by Crippen LogP contribution is 2.14. The van der Waals surface area contributed by atoms with Crippen molar-refractivity contribution < 1.29 is 28.1 Å². The third-order valence-corrected chi connectivity index (χ3v) is 1.75. The van der Waals surface area contributed by atoms with Crippen molar-refractivity contribution in [3.05, 3.63) is 0 Å². The van der Waals surface area contributed by atoms with Gasteiger partial charge in [-0.3, -0.25) is 0 Å². The van der Waals surface area contributed by atoms with Gasteiger partial charge in [0, 0.05) is 13.2 Å². The highest BCUT2D eigenvalue weighted by atomic mass is 19.4. The molecule has 0 saturated heterocycles. The Kier molecular flexibility index (Phi) is 6.89. The Labute approximate surface area is 92.4 Å². The Balaban J connectivity index is 3.29. The van der Waals surface area contributed by atoms with Crippen LogP contribution in [0.15, 0.2) is 0 Å². The van der Waals surface area contributed by atoms with E-state index >= 15 is 0 Å². The Morgan fingerprint density at radius 2 is 1.94 bits per heavy atom. The molecule has 1 unspecified atom stereocenters. The van der Waals surface area contributed by atoms with Gasteiger partial charge in [-0.1, -0.05) is 0 Å². The van der Waals surface area contributed by atoms with Gasteiger partial charge in [-0.05, 0) is 19.9 Å². The number of rotatable bonds is 8. The van der Waals surface area contributed by atoms with Gasteiger partial charge < -0.3 is 20.3 Å². The fourth-order valence-electron chi connectivity index (χ4n) is 0.901. The van der Waals surface area contributed by atoms with Crippen molar-refractivity contribution in [3.63, 3.8) is 0 Å². The summed E-state index contributed by atoms with van der Waals surface area (Å²) in [6, 6.07) is 0. The standard InChI is InChI=1S/C9H18F3NO3/c1-8(15,6-14)5-13-3-2-4-16-7-9(10,11)12/h13-15H,2-7H2,1H3. The Hall–Kier alpha value is -0.370. The van der Waals surface area contributed by atoms with E-state index in [0.29, 0.717) is 13.0 Å². The largest absolute Gasteiger partial charge is 0.411 e. The molecule has 0 spiro atoms. The molecule has 0 aromatic heterocycles. The number of nitrogens with one attached hydrogen (secondary N) is 1. The van der Waals surface area contributed by atoms with Crippen LogP contribution in [0, 0.1) is 0 Å². The van der Waals surface area contributed by atoms with Gasteiger partial charge in [0.25, 0.3) is 0 Å². The lowest BCUT2D eigenvalue weighted by molar-refractivity contribution is -0.173. The smallest absolute Gasteiger partial charge is 0.393 e. The molecular formula is C9H18F3NO3. The maximum absolute atomic E-state index is 11.6. The second kappa shape index (κ2) is 7.05. The lowest BCUT2D eigenvalue weighted by atomic mass is 10.1. The summed E-state index contributed by atoms with van der Waals surface area (Å²) in [6.07, 6.45) is -3.87. The number of halogens is 3. The highest BCUT2D eigenvalue weighted by Gasteiger charge is 2.27. The average molecular weight is 245 g/mol. The number of aliphatic hydroxyl groups is 2. The first-order chi connectivity index (χ1) is 7.27. The van der Waals surface area contributed by atoms with Crippen molar-refractivity contribution in [1.29, 1.82) is 0 Å². The normalized spacial score (nSPS) is 16.1. The van der Waals surface area contributed by atoms with Crippen LogP contribution < -0.4 is 5.32 Å². The van der Waals surface area contributed by atoms with Gasteiger partial charge in [-0.25, -0.2) is 0 Å². The quantitative estimate of drug-likeness (QED) is 0.538. The maximum atomic E-state index is 11.6. The van der Waals surface area contributed by atoms with Gasteiger partial charge in [0.1, 0.15) is 6.61 Å². The van der Waals surface area contributed by atoms with Crippen LogP contribution in [0.3, 0.4) is 0 Å². The molecule has 0 aromatic carbocycles. The summed E-state index contributed by atoms with van der Waals surface area (Å²) in [5.41, 5.74) is -1.20. The number of hydrogen-bond donors (Lipinski definition) is 3. The minimum absolute atomic E-state index is 0.00772. The first-order valence-electron chi connectivity index (χ1n) is 4.95.